The maximum Gasteiger partial charge on any atom is 0.131 e. The largest absolute Gasteiger partial charge is 0.497 e. The predicted octanol–water partition coefficient (Wildman–Crippen LogP) is 3.04. The average Bonchev–Trinajstić information content (AvgIpc) is 2.39. The Hall–Kier alpha value is -2.29. The maximum atomic E-state index is 6.00. The van der Waals surface area contributed by atoms with Gasteiger partial charge in [0.1, 0.15) is 11.6 Å². The van der Waals surface area contributed by atoms with Crippen molar-refractivity contribution in [2.24, 2.45) is 10.7 Å². The summed E-state index contributed by atoms with van der Waals surface area (Å²) in [5.74, 6) is 1.28. The Kier molecular flexibility index (Phi) is 3.63. The first-order valence-electron chi connectivity index (χ1n) is 5.74. The summed E-state index contributed by atoms with van der Waals surface area (Å²) in [6, 6.07) is 15.5. The van der Waals surface area contributed by atoms with E-state index in [1.807, 2.05) is 55.5 Å². The lowest BCUT2D eigenvalue weighted by Crippen LogP contribution is -2.12. The number of hydrogen-bond acceptors (Lipinski definition) is 2. The summed E-state index contributed by atoms with van der Waals surface area (Å²) in [6.45, 7) is 2.03. The molecule has 0 aliphatic carbocycles. The van der Waals surface area contributed by atoms with E-state index in [0.29, 0.717) is 5.84 Å². The van der Waals surface area contributed by atoms with E-state index in [9.17, 15) is 0 Å². The van der Waals surface area contributed by atoms with Crippen molar-refractivity contribution in [2.45, 2.75) is 6.92 Å². The van der Waals surface area contributed by atoms with E-state index in [2.05, 4.69) is 4.99 Å². The van der Waals surface area contributed by atoms with Gasteiger partial charge in [-0.15, -0.1) is 0 Å². The minimum absolute atomic E-state index is 0.506. The third-order valence-electron chi connectivity index (χ3n) is 2.62. The Bertz CT molecular complexity index is 576. The van der Waals surface area contributed by atoms with E-state index in [0.717, 1.165) is 22.6 Å². The lowest BCUT2D eigenvalue weighted by molar-refractivity contribution is 0.415. The van der Waals surface area contributed by atoms with E-state index >= 15 is 0 Å². The second-order valence-corrected chi connectivity index (χ2v) is 4.07. The van der Waals surface area contributed by atoms with Gasteiger partial charge in [0.25, 0.3) is 0 Å². The molecule has 0 aromatic heterocycles. The van der Waals surface area contributed by atoms with Gasteiger partial charge in [0.05, 0.1) is 12.8 Å². The normalized spacial score (nSPS) is 11.3. The standard InChI is InChI=1S/C15H16N2O/c1-11-5-3-6-12(9-11)15(16)17-13-7-4-8-14(10-13)18-2/h3-10H,1-2H3,(H2,16,17). The Labute approximate surface area is 107 Å². The van der Waals surface area contributed by atoms with Crippen LogP contribution in [0.5, 0.6) is 5.75 Å². The van der Waals surface area contributed by atoms with Crippen molar-refractivity contribution in [3.05, 3.63) is 59.7 Å². The lowest BCUT2D eigenvalue weighted by atomic mass is 10.1. The molecule has 2 rings (SSSR count). The maximum absolute atomic E-state index is 6.00. The number of ether oxygens (including phenoxy) is 1. The van der Waals surface area contributed by atoms with Gasteiger partial charge in [-0.25, -0.2) is 4.99 Å². The van der Waals surface area contributed by atoms with Crippen molar-refractivity contribution in [1.29, 1.82) is 0 Å². The summed E-state index contributed by atoms with van der Waals surface area (Å²) in [4.78, 5) is 4.39. The lowest BCUT2D eigenvalue weighted by Gasteiger charge is -2.04. The third-order valence-corrected chi connectivity index (χ3v) is 2.62. The summed E-state index contributed by atoms with van der Waals surface area (Å²) in [7, 11) is 1.63. The number of nitrogens with zero attached hydrogens (tertiary/aromatic N) is 1. The number of hydrogen-bond donors (Lipinski definition) is 1. The van der Waals surface area contributed by atoms with Gasteiger partial charge < -0.3 is 10.5 Å². The molecule has 2 aromatic carbocycles. The highest BCUT2D eigenvalue weighted by Crippen LogP contribution is 2.20. The first-order valence-corrected chi connectivity index (χ1v) is 5.74. The first-order chi connectivity index (χ1) is 8.69. The van der Waals surface area contributed by atoms with E-state index < -0.39 is 0 Å². The second kappa shape index (κ2) is 5.36. The third kappa shape index (κ3) is 2.88. The Balaban J connectivity index is 2.32. The summed E-state index contributed by atoms with van der Waals surface area (Å²) in [6.07, 6.45) is 0. The molecule has 3 heteroatoms. The second-order valence-electron chi connectivity index (χ2n) is 4.07. The van der Waals surface area contributed by atoms with Crippen LogP contribution in [0.15, 0.2) is 53.5 Å². The van der Waals surface area contributed by atoms with Crippen LogP contribution in [0.1, 0.15) is 11.1 Å². The molecule has 0 aliphatic heterocycles. The van der Waals surface area contributed by atoms with Crippen LogP contribution in [0.3, 0.4) is 0 Å². The van der Waals surface area contributed by atoms with Gasteiger partial charge in [-0.2, -0.15) is 0 Å². The number of rotatable bonds is 3. The number of benzene rings is 2. The summed E-state index contributed by atoms with van der Waals surface area (Å²) >= 11 is 0. The molecule has 0 aliphatic rings. The van der Waals surface area contributed by atoms with Gasteiger partial charge in [-0.1, -0.05) is 29.8 Å². The smallest absolute Gasteiger partial charge is 0.131 e. The molecule has 18 heavy (non-hydrogen) atoms. The van der Waals surface area contributed by atoms with E-state index in [4.69, 9.17) is 10.5 Å². The molecule has 0 heterocycles. The molecule has 0 atom stereocenters. The fourth-order valence-corrected chi connectivity index (χ4v) is 1.69. The van der Waals surface area contributed by atoms with Crippen LogP contribution in [0.2, 0.25) is 0 Å². The van der Waals surface area contributed by atoms with Crippen LogP contribution in [0, 0.1) is 6.92 Å². The molecule has 0 unspecified atom stereocenters. The SMILES string of the molecule is COc1cccc(N=C(N)c2cccc(C)c2)c1. The molecule has 0 radical (unpaired) electrons. The fourth-order valence-electron chi connectivity index (χ4n) is 1.69. The van der Waals surface area contributed by atoms with Crippen molar-refractivity contribution in [3.8, 4) is 5.75 Å². The van der Waals surface area contributed by atoms with Gasteiger partial charge in [0.15, 0.2) is 0 Å². The summed E-state index contributed by atoms with van der Waals surface area (Å²) in [5.41, 5.74) is 8.87. The van der Waals surface area contributed by atoms with Crippen LogP contribution in [0.25, 0.3) is 0 Å². The van der Waals surface area contributed by atoms with Crippen molar-refractivity contribution in [1.82, 2.24) is 0 Å². The molecule has 92 valence electrons. The van der Waals surface area contributed by atoms with Crippen LogP contribution >= 0.6 is 0 Å². The van der Waals surface area contributed by atoms with Gasteiger partial charge >= 0.3 is 0 Å². The molecule has 2 N–H and O–H groups in total. The Morgan fingerprint density at radius 3 is 2.61 bits per heavy atom. The van der Waals surface area contributed by atoms with Gasteiger partial charge in [-0.05, 0) is 25.1 Å². The predicted molar refractivity (Wildman–Crippen MR) is 74.6 cm³/mol. The van der Waals surface area contributed by atoms with Gasteiger partial charge in [0, 0.05) is 11.6 Å². The minimum atomic E-state index is 0.506. The molecule has 0 amide bonds. The molecule has 0 saturated carbocycles. The van der Waals surface area contributed by atoms with Crippen molar-refractivity contribution < 1.29 is 4.74 Å². The molecule has 0 spiro atoms. The fraction of sp³-hybridized carbons (Fsp3) is 0.133. The van der Waals surface area contributed by atoms with E-state index in [-0.39, 0.29) is 0 Å². The molecule has 0 saturated heterocycles. The monoisotopic (exact) mass is 240 g/mol. The van der Waals surface area contributed by atoms with Crippen molar-refractivity contribution >= 4 is 11.5 Å². The Morgan fingerprint density at radius 2 is 1.89 bits per heavy atom. The van der Waals surface area contributed by atoms with Crippen molar-refractivity contribution in [2.75, 3.05) is 7.11 Å². The summed E-state index contributed by atoms with van der Waals surface area (Å²) in [5, 5.41) is 0. The van der Waals surface area contributed by atoms with Crippen LogP contribution in [-0.4, -0.2) is 12.9 Å². The topological polar surface area (TPSA) is 47.6 Å². The average molecular weight is 240 g/mol. The first kappa shape index (κ1) is 12.2. The zero-order valence-electron chi connectivity index (χ0n) is 10.6. The van der Waals surface area contributed by atoms with Crippen molar-refractivity contribution in [3.63, 3.8) is 0 Å². The Morgan fingerprint density at radius 1 is 1.11 bits per heavy atom. The highest BCUT2D eigenvalue weighted by Gasteiger charge is 2.00. The van der Waals surface area contributed by atoms with Crippen LogP contribution < -0.4 is 10.5 Å². The molecule has 3 nitrogen and oxygen atoms in total. The number of amidine groups is 1. The van der Waals surface area contributed by atoms with Crippen LogP contribution in [-0.2, 0) is 0 Å². The highest BCUT2D eigenvalue weighted by molar-refractivity contribution is 5.99. The minimum Gasteiger partial charge on any atom is -0.497 e. The molecular formula is C15H16N2O. The number of aryl methyl sites for hydroxylation is 1. The van der Waals surface area contributed by atoms with E-state index in [1.165, 1.54) is 0 Å². The van der Waals surface area contributed by atoms with E-state index in [1.54, 1.807) is 7.11 Å². The highest BCUT2D eigenvalue weighted by atomic mass is 16.5. The number of aliphatic imine (C=N–C) groups is 1. The molecule has 0 fully saturated rings. The van der Waals surface area contributed by atoms with Gasteiger partial charge in [0.2, 0.25) is 0 Å². The molecule has 2 aromatic rings. The number of nitrogens with two attached hydrogens (primary N) is 1. The van der Waals surface area contributed by atoms with Gasteiger partial charge in [-0.3, -0.25) is 0 Å². The van der Waals surface area contributed by atoms with Crippen LogP contribution in [0.4, 0.5) is 5.69 Å². The molecular weight excluding hydrogens is 224 g/mol. The zero-order valence-corrected chi connectivity index (χ0v) is 10.6. The molecule has 0 bridgehead atoms. The zero-order chi connectivity index (χ0) is 13.0. The summed E-state index contributed by atoms with van der Waals surface area (Å²) < 4.78 is 5.15. The quantitative estimate of drug-likeness (QED) is 0.662. The number of methoxy groups -OCH3 is 1.